The van der Waals surface area contributed by atoms with Gasteiger partial charge in [-0.1, -0.05) is 6.08 Å². The summed E-state index contributed by atoms with van der Waals surface area (Å²) in [5.41, 5.74) is 0.580. The molecule has 0 unspecified atom stereocenters. The van der Waals surface area contributed by atoms with Crippen LogP contribution >= 0.6 is 0 Å². The molecule has 18 heavy (non-hydrogen) atoms. The fraction of sp³-hybridized carbons (Fsp3) is 0.692. The summed E-state index contributed by atoms with van der Waals surface area (Å²) in [4.78, 5) is 24.7. The average molecular weight is 254 g/mol. The first-order valence-electron chi connectivity index (χ1n) is 6.38. The van der Waals surface area contributed by atoms with E-state index in [9.17, 15) is 9.59 Å². The third-order valence-corrected chi connectivity index (χ3v) is 3.03. The smallest absolute Gasteiger partial charge is 0.333 e. The van der Waals surface area contributed by atoms with E-state index < -0.39 is 0 Å². The second-order valence-corrected chi connectivity index (χ2v) is 4.42. The van der Waals surface area contributed by atoms with Crippen LogP contribution < -0.4 is 5.32 Å². The molecular formula is C13H22N2O3. The molecule has 0 aromatic heterocycles. The summed E-state index contributed by atoms with van der Waals surface area (Å²) in [6, 6.07) is 0. The molecule has 0 spiro atoms. The van der Waals surface area contributed by atoms with Crippen LogP contribution in [-0.4, -0.2) is 50.1 Å². The lowest BCUT2D eigenvalue weighted by Crippen LogP contribution is -2.30. The third kappa shape index (κ3) is 4.87. The quantitative estimate of drug-likeness (QED) is 0.431. The molecule has 1 amide bonds. The predicted molar refractivity (Wildman–Crippen MR) is 69.1 cm³/mol. The van der Waals surface area contributed by atoms with Gasteiger partial charge in [0, 0.05) is 38.2 Å². The van der Waals surface area contributed by atoms with Gasteiger partial charge in [-0.2, -0.15) is 0 Å². The zero-order chi connectivity index (χ0) is 13.4. The minimum atomic E-state index is -0.315. The lowest BCUT2D eigenvalue weighted by atomic mass is 10.3. The van der Waals surface area contributed by atoms with Crippen molar-refractivity contribution in [1.82, 2.24) is 10.2 Å². The number of ether oxygens (including phenoxy) is 1. The number of carbonyl (C=O) groups excluding carboxylic acids is 2. The van der Waals surface area contributed by atoms with Gasteiger partial charge in [0.1, 0.15) is 0 Å². The molecule has 0 aromatic carbocycles. The van der Waals surface area contributed by atoms with Crippen molar-refractivity contribution in [2.75, 3.05) is 33.3 Å². The zero-order valence-electron chi connectivity index (χ0n) is 11.2. The largest absolute Gasteiger partial charge is 0.466 e. The first-order valence-corrected chi connectivity index (χ1v) is 6.38. The molecule has 1 aliphatic rings. The molecule has 0 bridgehead atoms. The van der Waals surface area contributed by atoms with E-state index in [1.165, 1.54) is 7.11 Å². The molecule has 102 valence electrons. The SMILES string of the molecule is COC(=O)/C(C)=C/CNCCC(=O)N1CCCC1. The fourth-order valence-corrected chi connectivity index (χ4v) is 1.89. The van der Waals surface area contributed by atoms with Crippen LogP contribution in [0.2, 0.25) is 0 Å². The number of rotatable bonds is 6. The van der Waals surface area contributed by atoms with Crippen LogP contribution in [0.5, 0.6) is 0 Å². The summed E-state index contributed by atoms with van der Waals surface area (Å²) >= 11 is 0. The molecule has 1 heterocycles. The molecular weight excluding hydrogens is 232 g/mol. The van der Waals surface area contributed by atoms with E-state index in [-0.39, 0.29) is 11.9 Å². The van der Waals surface area contributed by atoms with Gasteiger partial charge in [0.15, 0.2) is 0 Å². The highest BCUT2D eigenvalue weighted by Crippen LogP contribution is 2.08. The van der Waals surface area contributed by atoms with Crippen LogP contribution in [0.15, 0.2) is 11.6 Å². The number of hydrogen-bond donors (Lipinski definition) is 1. The van der Waals surface area contributed by atoms with Gasteiger partial charge in [-0.15, -0.1) is 0 Å². The Morgan fingerprint density at radius 3 is 2.61 bits per heavy atom. The monoisotopic (exact) mass is 254 g/mol. The van der Waals surface area contributed by atoms with Crippen molar-refractivity contribution >= 4 is 11.9 Å². The van der Waals surface area contributed by atoms with Crippen molar-refractivity contribution < 1.29 is 14.3 Å². The van der Waals surface area contributed by atoms with Crippen molar-refractivity contribution in [3.05, 3.63) is 11.6 Å². The summed E-state index contributed by atoms with van der Waals surface area (Å²) in [6.45, 7) is 4.73. The Bertz CT molecular complexity index is 320. The maximum absolute atomic E-state index is 11.7. The van der Waals surface area contributed by atoms with Gasteiger partial charge in [0.2, 0.25) is 5.91 Å². The Hall–Kier alpha value is -1.36. The summed E-state index contributed by atoms with van der Waals surface area (Å²) in [7, 11) is 1.36. The minimum absolute atomic E-state index is 0.216. The molecule has 0 aromatic rings. The number of methoxy groups -OCH3 is 1. The van der Waals surface area contributed by atoms with Gasteiger partial charge in [0.25, 0.3) is 0 Å². The average Bonchev–Trinajstić information content (AvgIpc) is 2.90. The van der Waals surface area contributed by atoms with E-state index in [2.05, 4.69) is 10.1 Å². The van der Waals surface area contributed by atoms with E-state index in [1.807, 2.05) is 4.90 Å². The van der Waals surface area contributed by atoms with Crippen LogP contribution in [0.4, 0.5) is 0 Å². The third-order valence-electron chi connectivity index (χ3n) is 3.03. The van der Waals surface area contributed by atoms with Gasteiger partial charge in [-0.05, 0) is 19.8 Å². The second-order valence-electron chi connectivity index (χ2n) is 4.42. The van der Waals surface area contributed by atoms with Crippen LogP contribution in [0.3, 0.4) is 0 Å². The molecule has 1 aliphatic heterocycles. The molecule has 0 atom stereocenters. The molecule has 1 fully saturated rings. The number of hydrogen-bond acceptors (Lipinski definition) is 4. The number of amides is 1. The Balaban J connectivity index is 2.11. The standard InChI is InChI=1S/C13H22N2O3/c1-11(13(17)18-2)5-7-14-8-6-12(16)15-9-3-4-10-15/h5,14H,3-4,6-10H2,1-2H3/b11-5+. The fourth-order valence-electron chi connectivity index (χ4n) is 1.89. The van der Waals surface area contributed by atoms with E-state index in [4.69, 9.17) is 0 Å². The second kappa shape index (κ2) is 7.87. The van der Waals surface area contributed by atoms with Crippen molar-refractivity contribution in [3.8, 4) is 0 Å². The molecule has 0 aliphatic carbocycles. The highest BCUT2D eigenvalue weighted by Gasteiger charge is 2.16. The number of carbonyl (C=O) groups is 2. The van der Waals surface area contributed by atoms with Gasteiger partial charge < -0.3 is 15.0 Å². The Morgan fingerprint density at radius 1 is 1.33 bits per heavy atom. The van der Waals surface area contributed by atoms with Crippen molar-refractivity contribution in [2.24, 2.45) is 0 Å². The minimum Gasteiger partial charge on any atom is -0.466 e. The van der Waals surface area contributed by atoms with Crippen LogP contribution in [0.25, 0.3) is 0 Å². The van der Waals surface area contributed by atoms with E-state index in [1.54, 1.807) is 13.0 Å². The number of nitrogens with one attached hydrogen (secondary N) is 1. The van der Waals surface area contributed by atoms with Gasteiger partial charge >= 0.3 is 5.97 Å². The normalized spacial score (nSPS) is 15.9. The topological polar surface area (TPSA) is 58.6 Å². The van der Waals surface area contributed by atoms with Gasteiger partial charge in [-0.25, -0.2) is 4.79 Å². The van der Waals surface area contributed by atoms with E-state index in [0.717, 1.165) is 25.9 Å². The molecule has 1 saturated heterocycles. The maximum Gasteiger partial charge on any atom is 0.333 e. The maximum atomic E-state index is 11.7. The number of esters is 1. The summed E-state index contributed by atoms with van der Waals surface area (Å²) in [5.74, 6) is -0.0985. The lowest BCUT2D eigenvalue weighted by molar-refractivity contribution is -0.136. The molecule has 5 heteroatoms. The highest BCUT2D eigenvalue weighted by atomic mass is 16.5. The first-order chi connectivity index (χ1) is 8.65. The zero-order valence-corrected chi connectivity index (χ0v) is 11.2. The summed E-state index contributed by atoms with van der Waals surface area (Å²) in [5, 5.41) is 3.12. The summed E-state index contributed by atoms with van der Waals surface area (Å²) in [6.07, 6.45) is 4.54. The number of nitrogens with zero attached hydrogens (tertiary/aromatic N) is 1. The van der Waals surface area contributed by atoms with Crippen molar-refractivity contribution in [3.63, 3.8) is 0 Å². The molecule has 5 nitrogen and oxygen atoms in total. The van der Waals surface area contributed by atoms with Crippen LogP contribution in [0, 0.1) is 0 Å². The van der Waals surface area contributed by atoms with Crippen LogP contribution in [-0.2, 0) is 14.3 Å². The Morgan fingerprint density at radius 2 is 2.00 bits per heavy atom. The summed E-state index contributed by atoms with van der Waals surface area (Å²) < 4.78 is 4.58. The number of likely N-dealkylation sites (tertiary alicyclic amines) is 1. The molecule has 0 radical (unpaired) electrons. The lowest BCUT2D eigenvalue weighted by Gasteiger charge is -2.14. The predicted octanol–water partition coefficient (Wildman–Crippen LogP) is 0.708. The van der Waals surface area contributed by atoms with Crippen molar-refractivity contribution in [1.29, 1.82) is 0 Å². The Labute approximate surface area is 108 Å². The molecule has 1 N–H and O–H groups in total. The van der Waals surface area contributed by atoms with Crippen molar-refractivity contribution in [2.45, 2.75) is 26.2 Å². The highest BCUT2D eigenvalue weighted by molar-refractivity contribution is 5.87. The van der Waals surface area contributed by atoms with Gasteiger partial charge in [0.05, 0.1) is 7.11 Å². The van der Waals surface area contributed by atoms with Gasteiger partial charge in [-0.3, -0.25) is 4.79 Å². The van der Waals surface area contributed by atoms with E-state index in [0.29, 0.717) is 25.1 Å². The van der Waals surface area contributed by atoms with Crippen LogP contribution in [0.1, 0.15) is 26.2 Å². The molecule has 0 saturated carbocycles. The van der Waals surface area contributed by atoms with E-state index >= 15 is 0 Å². The first kappa shape index (κ1) is 14.7. The molecule has 1 rings (SSSR count). The Kier molecular flexibility index (Phi) is 6.43.